The van der Waals surface area contributed by atoms with Crippen molar-refractivity contribution in [2.24, 2.45) is 5.73 Å². The first-order valence-corrected chi connectivity index (χ1v) is 19.3. The van der Waals surface area contributed by atoms with Crippen LogP contribution in [0, 0.1) is 0 Å². The normalized spacial score (nSPS) is 13.7. The van der Waals surface area contributed by atoms with E-state index in [4.69, 9.17) is 5.73 Å². The van der Waals surface area contributed by atoms with Crippen molar-refractivity contribution < 1.29 is 32.7 Å². The molecule has 0 spiro atoms. The zero-order valence-corrected chi connectivity index (χ0v) is 31.7. The summed E-state index contributed by atoms with van der Waals surface area (Å²) in [6.07, 6.45) is 9.17. The Morgan fingerprint density at radius 1 is 0.732 bits per heavy atom. The molecule has 0 unspecified atom stereocenters. The lowest BCUT2D eigenvalue weighted by molar-refractivity contribution is -0.142. The number of hydrogen-bond donors (Lipinski definition) is 9. The van der Waals surface area contributed by atoms with Gasteiger partial charge in [-0.3, -0.25) is 14.4 Å². The van der Waals surface area contributed by atoms with Gasteiger partial charge in [-0.2, -0.15) is 0 Å². The lowest BCUT2D eigenvalue weighted by Crippen LogP contribution is -2.58. The molecule has 3 aromatic heterocycles. The number of amides is 3. The molecule has 19 nitrogen and oxygen atoms in total. The lowest BCUT2D eigenvalue weighted by Gasteiger charge is -2.25. The maximum atomic E-state index is 13.9. The van der Waals surface area contributed by atoms with Gasteiger partial charge in [0.2, 0.25) is 27.7 Å². The Kier molecular flexibility index (Phi) is 13.9. The topological polar surface area (TPSA) is 286 Å². The molecule has 5 aromatic rings. The summed E-state index contributed by atoms with van der Waals surface area (Å²) < 4.78 is 29.5. The molecule has 0 aliphatic heterocycles. The molecule has 0 bridgehead atoms. The molecule has 56 heavy (non-hydrogen) atoms. The second-order valence-corrected chi connectivity index (χ2v) is 15.1. The van der Waals surface area contributed by atoms with E-state index >= 15 is 0 Å². The van der Waals surface area contributed by atoms with Gasteiger partial charge in [-0.25, -0.2) is 32.9 Å². The maximum absolute atomic E-state index is 13.9. The Balaban J connectivity index is 1.28. The molecule has 298 valence electrons. The SMILES string of the molecule is CN(C)c1cccc2c(S(=O)(=O)NCCCC[C@H](NC(=O)[C@@H](N)Cc3cnc[nH]3)C(=O)N[C@@H](Cc3cnc[nH]3)C(=O)N[C@@H](Cc3cnc[nH]3)C(=O)O)cccc12. The van der Waals surface area contributed by atoms with Crippen LogP contribution >= 0.6 is 0 Å². The molecular formula is C36H46N12O7S. The zero-order valence-electron chi connectivity index (χ0n) is 30.9. The Hall–Kier alpha value is -6.12. The number of nitrogens with zero attached hydrogens (tertiary/aromatic N) is 4. The van der Waals surface area contributed by atoms with Crippen molar-refractivity contribution in [3.8, 4) is 0 Å². The van der Waals surface area contributed by atoms with Gasteiger partial charge >= 0.3 is 5.97 Å². The molecule has 4 atom stereocenters. The highest BCUT2D eigenvalue weighted by molar-refractivity contribution is 7.89. The minimum atomic E-state index is -3.93. The van der Waals surface area contributed by atoms with Crippen molar-refractivity contribution in [2.75, 3.05) is 25.5 Å². The van der Waals surface area contributed by atoms with Crippen LogP contribution in [-0.4, -0.2) is 112 Å². The number of benzene rings is 2. The fourth-order valence-electron chi connectivity index (χ4n) is 6.11. The maximum Gasteiger partial charge on any atom is 0.326 e. The van der Waals surface area contributed by atoms with Crippen molar-refractivity contribution in [1.29, 1.82) is 0 Å². The molecule has 3 heterocycles. The van der Waals surface area contributed by atoms with E-state index in [2.05, 4.69) is 50.6 Å². The molecule has 2 aromatic carbocycles. The smallest absolute Gasteiger partial charge is 0.326 e. The number of anilines is 1. The summed E-state index contributed by atoms with van der Waals surface area (Å²) in [5.74, 6) is -3.47. The Bertz CT molecular complexity index is 2180. The van der Waals surface area contributed by atoms with E-state index in [1.54, 1.807) is 24.3 Å². The van der Waals surface area contributed by atoms with Crippen LogP contribution in [-0.2, 0) is 48.5 Å². The summed E-state index contributed by atoms with van der Waals surface area (Å²) in [5, 5.41) is 19.0. The van der Waals surface area contributed by atoms with Crippen LogP contribution in [0.1, 0.15) is 36.3 Å². The van der Waals surface area contributed by atoms with Crippen LogP contribution in [0.5, 0.6) is 0 Å². The molecule has 3 amide bonds. The monoisotopic (exact) mass is 790 g/mol. The van der Waals surface area contributed by atoms with Gasteiger partial charge in [0.25, 0.3) is 0 Å². The fraction of sp³-hybridized carbons (Fsp3) is 0.361. The first kappa shape index (κ1) is 41.1. The molecule has 0 radical (unpaired) electrons. The van der Waals surface area contributed by atoms with Crippen LogP contribution < -0.4 is 31.3 Å². The van der Waals surface area contributed by atoms with E-state index in [0.29, 0.717) is 28.9 Å². The molecule has 10 N–H and O–H groups in total. The van der Waals surface area contributed by atoms with Gasteiger partial charge in [0.15, 0.2) is 0 Å². The number of nitrogens with one attached hydrogen (secondary N) is 7. The molecule has 0 saturated heterocycles. The van der Waals surface area contributed by atoms with E-state index in [1.807, 2.05) is 31.1 Å². The van der Waals surface area contributed by atoms with Crippen molar-refractivity contribution in [1.82, 2.24) is 50.6 Å². The number of aromatic nitrogens is 6. The number of sulfonamides is 1. The number of carboxylic acids is 1. The third-order valence-electron chi connectivity index (χ3n) is 9.01. The van der Waals surface area contributed by atoms with Gasteiger partial charge in [0.1, 0.15) is 18.1 Å². The highest BCUT2D eigenvalue weighted by atomic mass is 32.2. The molecule has 0 aliphatic carbocycles. The van der Waals surface area contributed by atoms with Crippen molar-refractivity contribution in [3.63, 3.8) is 0 Å². The summed E-state index contributed by atoms with van der Waals surface area (Å²) in [6, 6.07) is 5.64. The number of imidazole rings is 3. The number of hydrogen-bond acceptors (Lipinski definition) is 11. The van der Waals surface area contributed by atoms with Crippen LogP contribution in [0.15, 0.2) is 78.9 Å². The zero-order chi connectivity index (χ0) is 40.2. The highest BCUT2D eigenvalue weighted by Gasteiger charge is 2.31. The standard InChI is InChI=1S/C36H46N12O7S/c1-48(2)31-10-5-8-26-25(31)7-6-11-32(26)56(54,55)44-12-4-3-9-28(45-33(49)27(37)13-22-16-38-19-41-22)34(50)46-29(14-23-17-39-20-42-23)35(51)47-30(36(52)53)15-24-18-40-21-43-24/h5-8,10-11,16-21,27-30,44H,3-4,9,12-15,37H2,1-2H3,(H,38,41)(H,39,42)(H,40,43)(H,45,49)(H,46,50)(H,47,51)(H,52,53)/t27-,28-,29-,30-/m0/s1. The van der Waals surface area contributed by atoms with Crippen molar-refractivity contribution in [2.45, 2.75) is 67.6 Å². The number of unbranched alkanes of at least 4 members (excludes halogenated alkanes) is 1. The number of fused-ring (bicyclic) bond motifs is 1. The van der Waals surface area contributed by atoms with Crippen molar-refractivity contribution >= 4 is 50.2 Å². The van der Waals surface area contributed by atoms with Gasteiger partial charge in [0.05, 0.1) is 29.9 Å². The third-order valence-corrected chi connectivity index (χ3v) is 10.5. The number of aliphatic carboxylic acids is 1. The summed E-state index contributed by atoms with van der Waals surface area (Å²) in [7, 11) is -0.168. The van der Waals surface area contributed by atoms with Crippen LogP contribution in [0.2, 0.25) is 0 Å². The molecule has 20 heteroatoms. The molecule has 5 rings (SSSR count). The predicted molar refractivity (Wildman–Crippen MR) is 206 cm³/mol. The molecule has 0 aliphatic rings. The van der Waals surface area contributed by atoms with Crippen LogP contribution in [0.3, 0.4) is 0 Å². The minimum absolute atomic E-state index is 0.0332. The van der Waals surface area contributed by atoms with E-state index in [-0.39, 0.29) is 43.5 Å². The summed E-state index contributed by atoms with van der Waals surface area (Å²) in [5.41, 5.74) is 8.59. The van der Waals surface area contributed by atoms with Gasteiger partial charge in [0, 0.05) is 92.0 Å². The number of nitrogens with two attached hydrogens (primary N) is 1. The lowest BCUT2D eigenvalue weighted by atomic mass is 10.0. The highest BCUT2D eigenvalue weighted by Crippen LogP contribution is 2.30. The number of carbonyl (C=O) groups excluding carboxylic acids is 3. The number of aromatic amines is 3. The number of carbonyl (C=O) groups is 4. The Morgan fingerprint density at radius 2 is 1.27 bits per heavy atom. The van der Waals surface area contributed by atoms with E-state index in [0.717, 1.165) is 11.1 Å². The van der Waals surface area contributed by atoms with E-state index in [9.17, 15) is 32.7 Å². The summed E-state index contributed by atoms with van der Waals surface area (Å²) in [4.78, 5) is 75.2. The van der Waals surface area contributed by atoms with Crippen LogP contribution in [0.4, 0.5) is 5.69 Å². The average molecular weight is 791 g/mol. The Morgan fingerprint density at radius 3 is 1.86 bits per heavy atom. The third kappa shape index (κ3) is 11.0. The Labute approximate surface area is 322 Å². The average Bonchev–Trinajstić information content (AvgIpc) is 3.98. The fourth-order valence-corrected chi connectivity index (χ4v) is 7.40. The first-order valence-electron chi connectivity index (χ1n) is 17.8. The predicted octanol–water partition coefficient (Wildman–Crippen LogP) is 0.118. The minimum Gasteiger partial charge on any atom is -0.480 e. The second kappa shape index (κ2) is 19.0. The van der Waals surface area contributed by atoms with E-state index in [1.165, 1.54) is 37.6 Å². The number of H-pyrrole nitrogens is 3. The number of carboxylic acid groups (broad SMARTS) is 1. The summed E-state index contributed by atoms with van der Waals surface area (Å²) >= 11 is 0. The quantitative estimate of drug-likeness (QED) is 0.0448. The molecule has 0 saturated carbocycles. The van der Waals surface area contributed by atoms with Crippen LogP contribution in [0.25, 0.3) is 10.8 Å². The molecular weight excluding hydrogens is 745 g/mol. The molecule has 0 fully saturated rings. The van der Waals surface area contributed by atoms with Crippen molar-refractivity contribution in [3.05, 3.63) is 91.1 Å². The largest absolute Gasteiger partial charge is 0.480 e. The van der Waals surface area contributed by atoms with Gasteiger partial charge < -0.3 is 46.6 Å². The van der Waals surface area contributed by atoms with E-state index < -0.39 is 57.9 Å². The van der Waals surface area contributed by atoms with Gasteiger partial charge in [-0.15, -0.1) is 0 Å². The second-order valence-electron chi connectivity index (χ2n) is 13.4. The summed E-state index contributed by atoms with van der Waals surface area (Å²) in [6.45, 7) is 0.0332. The van der Waals surface area contributed by atoms with Gasteiger partial charge in [-0.05, 0) is 31.4 Å². The number of rotatable bonds is 21. The first-order chi connectivity index (χ1) is 26.8. The van der Waals surface area contributed by atoms with Gasteiger partial charge in [-0.1, -0.05) is 24.3 Å².